The van der Waals surface area contributed by atoms with E-state index in [0.29, 0.717) is 46.0 Å². The Morgan fingerprint density at radius 2 is 0.471 bits per heavy atom. The van der Waals surface area contributed by atoms with E-state index < -0.39 is 47.5 Å². The highest BCUT2D eigenvalue weighted by Gasteiger charge is 2.35. The molecule has 7 rings (SSSR count). The quantitative estimate of drug-likeness (QED) is 0.121. The Bertz CT molecular complexity index is 2210. The summed E-state index contributed by atoms with van der Waals surface area (Å²) in [5.41, 5.74) is 5.80. The molecule has 16 heteroatoms. The first-order chi connectivity index (χ1) is 34.0. The molecule has 0 unspecified atom stereocenters. The van der Waals surface area contributed by atoms with Crippen LogP contribution in [0.4, 0.5) is 0 Å². The van der Waals surface area contributed by atoms with Crippen molar-refractivity contribution in [2.24, 2.45) is 0 Å². The summed E-state index contributed by atoms with van der Waals surface area (Å²) in [4.78, 5) is 52.8. The fraction of sp³-hybridized carbons (Fsp3) is 0.481. The van der Waals surface area contributed by atoms with E-state index in [1.807, 2.05) is 48.5 Å². The number of fused-ring (bicyclic) bond motifs is 8. The number of esters is 4. The first-order valence-corrected chi connectivity index (χ1v) is 23.7. The van der Waals surface area contributed by atoms with Gasteiger partial charge in [-0.15, -0.1) is 0 Å². The highest BCUT2D eigenvalue weighted by molar-refractivity contribution is 5.73. The SMILES string of the molecule is COc1cc(OC)c2cc1C1CCOC(=O)CCCC(=O)OCCC2c2cc(c(OC)cc2OC)C2CCOC(=O)CCCC(=O)OCCC(c3cc2c(OC)cc3OC)c2cc1c(OC)cc2OC. The summed E-state index contributed by atoms with van der Waals surface area (Å²) in [5.74, 6) is -0.0392. The lowest BCUT2D eigenvalue weighted by atomic mass is 9.77. The Morgan fingerprint density at radius 3 is 0.629 bits per heavy atom. The molecule has 0 radical (unpaired) electrons. The zero-order valence-electron chi connectivity index (χ0n) is 41.4. The molecule has 0 amide bonds. The number of benzene rings is 4. The molecule has 376 valence electrons. The first-order valence-electron chi connectivity index (χ1n) is 23.7. The summed E-state index contributed by atoms with van der Waals surface area (Å²) < 4.78 is 73.2. The number of carbonyl (C=O) groups is 4. The lowest BCUT2D eigenvalue weighted by Gasteiger charge is -2.31. The standard InChI is InChI=1S/C54H64O16/c1-59-43-27-44(60-2)36-23-35(43)31-15-19-67-51(55)11-9-12-52(56)68-20-16-32(36)41-26-42(50(66-8)30-49(41)65-7)34-18-22-70-54(58)14-10-13-53(57)69-21-17-33(37-24-38(34)46(62-4)28-45(37)61-3)40-25-39(31)47(63-5)29-48(40)64-6/h23-34H,9-22H2,1-8H3. The van der Waals surface area contributed by atoms with Crippen LogP contribution in [-0.4, -0.2) is 107 Å². The summed E-state index contributed by atoms with van der Waals surface area (Å²) in [6, 6.07) is 15.5. The molecule has 70 heavy (non-hydrogen) atoms. The number of hydrogen-bond donors (Lipinski definition) is 0. The van der Waals surface area contributed by atoms with Gasteiger partial charge < -0.3 is 56.8 Å². The van der Waals surface area contributed by atoms with Crippen LogP contribution >= 0.6 is 0 Å². The first kappa shape index (κ1) is 51.0. The van der Waals surface area contributed by atoms with E-state index in [1.54, 1.807) is 56.9 Å². The van der Waals surface area contributed by atoms with Crippen LogP contribution in [0.3, 0.4) is 0 Å². The van der Waals surface area contributed by atoms with Crippen LogP contribution in [0.1, 0.15) is 132 Å². The predicted octanol–water partition coefficient (Wildman–Crippen LogP) is 8.70. The van der Waals surface area contributed by atoms with Crippen LogP contribution in [0.15, 0.2) is 48.5 Å². The monoisotopic (exact) mass is 968 g/mol. The Kier molecular flexibility index (Phi) is 17.2. The van der Waals surface area contributed by atoms with Gasteiger partial charge in [0.2, 0.25) is 0 Å². The zero-order chi connectivity index (χ0) is 49.9. The molecule has 4 aromatic carbocycles. The van der Waals surface area contributed by atoms with Crippen molar-refractivity contribution in [1.29, 1.82) is 0 Å². The third-order valence-electron chi connectivity index (χ3n) is 13.5. The van der Waals surface area contributed by atoms with Gasteiger partial charge in [-0.3, -0.25) is 19.2 Å². The lowest BCUT2D eigenvalue weighted by molar-refractivity contribution is -0.147. The summed E-state index contributed by atoms with van der Waals surface area (Å²) in [5, 5.41) is 0. The molecule has 3 aliphatic rings. The topological polar surface area (TPSA) is 179 Å². The van der Waals surface area contributed by atoms with Crippen molar-refractivity contribution in [2.45, 2.75) is 87.9 Å². The Hall–Kier alpha value is -6.84. The van der Waals surface area contributed by atoms with Crippen LogP contribution in [0.25, 0.3) is 0 Å². The fourth-order valence-electron chi connectivity index (χ4n) is 10.1. The highest BCUT2D eigenvalue weighted by atomic mass is 16.5. The number of hydrogen-bond acceptors (Lipinski definition) is 16. The van der Waals surface area contributed by atoms with Crippen LogP contribution in [0.2, 0.25) is 0 Å². The van der Waals surface area contributed by atoms with Crippen molar-refractivity contribution >= 4 is 23.9 Å². The molecule has 0 spiro atoms. The van der Waals surface area contributed by atoms with E-state index >= 15 is 0 Å². The molecule has 0 fully saturated rings. The molecule has 0 atom stereocenters. The highest BCUT2D eigenvalue weighted by Crippen LogP contribution is 2.53. The van der Waals surface area contributed by atoms with Gasteiger partial charge in [0.1, 0.15) is 46.0 Å². The van der Waals surface area contributed by atoms with Gasteiger partial charge in [0.05, 0.1) is 83.3 Å². The van der Waals surface area contributed by atoms with E-state index in [4.69, 9.17) is 56.8 Å². The molecule has 2 aliphatic heterocycles. The molecular formula is C54H64O16. The third-order valence-corrected chi connectivity index (χ3v) is 13.5. The van der Waals surface area contributed by atoms with Crippen molar-refractivity contribution in [3.63, 3.8) is 0 Å². The Balaban J connectivity index is 1.67. The van der Waals surface area contributed by atoms with Gasteiger partial charge in [0.15, 0.2) is 0 Å². The second-order valence-electron chi connectivity index (χ2n) is 17.3. The van der Waals surface area contributed by atoms with E-state index in [0.717, 1.165) is 44.5 Å². The molecule has 16 nitrogen and oxygen atoms in total. The third kappa shape index (κ3) is 11.1. The van der Waals surface area contributed by atoms with Crippen LogP contribution in [-0.2, 0) is 38.1 Å². The minimum atomic E-state index is -0.552. The molecular weight excluding hydrogens is 905 g/mol. The average molecular weight is 969 g/mol. The van der Waals surface area contributed by atoms with E-state index in [-0.39, 0.29) is 90.6 Å². The van der Waals surface area contributed by atoms with Gasteiger partial charge in [0.25, 0.3) is 0 Å². The number of cyclic esters (lactones) is 4. The van der Waals surface area contributed by atoms with E-state index in [1.165, 1.54) is 0 Å². The van der Waals surface area contributed by atoms with Crippen LogP contribution in [0.5, 0.6) is 46.0 Å². The number of rotatable bonds is 8. The number of carbonyl (C=O) groups excluding carboxylic acids is 4. The van der Waals surface area contributed by atoms with Crippen molar-refractivity contribution in [1.82, 2.24) is 0 Å². The lowest BCUT2D eigenvalue weighted by Crippen LogP contribution is -2.18. The van der Waals surface area contributed by atoms with E-state index in [2.05, 4.69) is 0 Å². The molecule has 4 aromatic rings. The maximum absolute atomic E-state index is 13.2. The average Bonchev–Trinajstić information content (AvgIpc) is 3.37. The van der Waals surface area contributed by atoms with Gasteiger partial charge in [-0.05, 0) is 62.8 Å². The second-order valence-corrected chi connectivity index (χ2v) is 17.3. The predicted molar refractivity (Wildman–Crippen MR) is 256 cm³/mol. The van der Waals surface area contributed by atoms with Crippen molar-refractivity contribution in [3.05, 3.63) is 93.0 Å². The van der Waals surface area contributed by atoms with Gasteiger partial charge in [-0.1, -0.05) is 0 Å². The summed E-state index contributed by atoms with van der Waals surface area (Å²) in [7, 11) is 12.7. The zero-order valence-corrected chi connectivity index (χ0v) is 41.4. The Morgan fingerprint density at radius 1 is 0.300 bits per heavy atom. The number of methoxy groups -OCH3 is 8. The largest absolute Gasteiger partial charge is 0.496 e. The van der Waals surface area contributed by atoms with Crippen molar-refractivity contribution in [3.8, 4) is 46.0 Å². The number of ether oxygens (including phenoxy) is 12. The molecule has 1 aliphatic carbocycles. The maximum atomic E-state index is 13.2. The van der Waals surface area contributed by atoms with Crippen molar-refractivity contribution < 1.29 is 76.0 Å². The minimum Gasteiger partial charge on any atom is -0.496 e. The van der Waals surface area contributed by atoms with Crippen molar-refractivity contribution in [2.75, 3.05) is 83.3 Å². The summed E-state index contributed by atoms with van der Waals surface area (Å²) in [6.45, 7) is 0.0310. The molecule has 0 N–H and O–H groups in total. The maximum Gasteiger partial charge on any atom is 0.305 e. The van der Waals surface area contributed by atoms with Crippen LogP contribution in [0, 0.1) is 0 Å². The van der Waals surface area contributed by atoms with Gasteiger partial charge >= 0.3 is 23.9 Å². The fourth-order valence-corrected chi connectivity index (χ4v) is 10.1. The van der Waals surface area contributed by atoms with Gasteiger partial charge in [-0.25, -0.2) is 0 Å². The molecule has 0 saturated carbocycles. The van der Waals surface area contributed by atoms with Crippen LogP contribution < -0.4 is 37.9 Å². The summed E-state index contributed by atoms with van der Waals surface area (Å²) >= 11 is 0. The second kappa shape index (κ2) is 23.6. The Labute approximate surface area is 409 Å². The molecule has 12 bridgehead atoms. The normalized spacial score (nSPS) is 20.3. The van der Waals surface area contributed by atoms with E-state index in [9.17, 15) is 19.2 Å². The smallest absolute Gasteiger partial charge is 0.305 e. The minimum absolute atomic E-state index is 0.00775. The molecule has 0 aromatic heterocycles. The summed E-state index contributed by atoms with van der Waals surface area (Å²) in [6.07, 6.45) is 1.72. The molecule has 2 heterocycles. The van der Waals surface area contributed by atoms with Gasteiger partial charge in [0, 0.05) is 118 Å². The molecule has 0 saturated heterocycles. The van der Waals surface area contributed by atoms with Gasteiger partial charge in [-0.2, -0.15) is 0 Å².